The van der Waals surface area contributed by atoms with Crippen LogP contribution in [0.25, 0.3) is 11.0 Å². The van der Waals surface area contributed by atoms with Gasteiger partial charge >= 0.3 is 0 Å². The van der Waals surface area contributed by atoms with Crippen LogP contribution in [0.2, 0.25) is 0 Å². The Morgan fingerprint density at radius 1 is 1.33 bits per heavy atom. The largest absolute Gasteiger partial charge is 0.391 e. The van der Waals surface area contributed by atoms with Crippen molar-refractivity contribution in [2.75, 3.05) is 13.1 Å². The first kappa shape index (κ1) is 11.1. The third-order valence-corrected chi connectivity index (χ3v) is 3.12. The molecule has 1 amide bonds. The molecule has 0 bridgehead atoms. The zero-order chi connectivity index (χ0) is 12.5. The number of hydrogen-bond acceptors (Lipinski definition) is 4. The molecule has 1 N–H and O–H groups in total. The van der Waals surface area contributed by atoms with Gasteiger partial charge in [0.2, 0.25) is 0 Å². The van der Waals surface area contributed by atoms with Crippen molar-refractivity contribution in [2.45, 2.75) is 12.5 Å². The van der Waals surface area contributed by atoms with E-state index in [9.17, 15) is 9.90 Å². The molecular formula is C13H13N3O2. The van der Waals surface area contributed by atoms with Crippen LogP contribution in [0.3, 0.4) is 0 Å². The first-order chi connectivity index (χ1) is 8.74. The summed E-state index contributed by atoms with van der Waals surface area (Å²) in [5.74, 6) is -0.162. The van der Waals surface area contributed by atoms with Crippen LogP contribution >= 0.6 is 0 Å². The van der Waals surface area contributed by atoms with Gasteiger partial charge in [0.15, 0.2) is 0 Å². The van der Waals surface area contributed by atoms with Gasteiger partial charge in [-0.05, 0) is 18.6 Å². The Morgan fingerprint density at radius 3 is 2.83 bits per heavy atom. The summed E-state index contributed by atoms with van der Waals surface area (Å²) < 4.78 is 0. The predicted octanol–water partition coefficient (Wildman–Crippen LogP) is 0.837. The van der Waals surface area contributed by atoms with Gasteiger partial charge in [-0.25, -0.2) is 4.98 Å². The maximum atomic E-state index is 12.1. The van der Waals surface area contributed by atoms with Gasteiger partial charge in [-0.2, -0.15) is 0 Å². The average molecular weight is 243 g/mol. The fourth-order valence-corrected chi connectivity index (χ4v) is 2.15. The number of β-amino-alcohol motifs (C(OH)–C–C–N with tert-alkyl or cyclic N) is 1. The number of likely N-dealkylation sites (tertiary alicyclic amines) is 1. The molecule has 92 valence electrons. The molecule has 3 rings (SSSR count). The Kier molecular flexibility index (Phi) is 2.68. The van der Waals surface area contributed by atoms with Crippen molar-refractivity contribution < 1.29 is 9.90 Å². The Morgan fingerprint density at radius 2 is 2.11 bits per heavy atom. The minimum Gasteiger partial charge on any atom is -0.391 e. The van der Waals surface area contributed by atoms with E-state index >= 15 is 0 Å². The van der Waals surface area contributed by atoms with E-state index < -0.39 is 6.10 Å². The highest BCUT2D eigenvalue weighted by Crippen LogP contribution is 2.14. The molecule has 0 spiro atoms. The number of benzene rings is 1. The van der Waals surface area contributed by atoms with Crippen molar-refractivity contribution in [3.05, 3.63) is 36.2 Å². The standard InChI is InChI=1S/C13H13N3O2/c17-9-5-6-16(8-9)13(18)12-7-14-10-3-1-2-4-11(10)15-12/h1-4,7,9,17H,5-6,8H2/t9-/m0/s1. The molecule has 1 aliphatic rings. The fourth-order valence-electron chi connectivity index (χ4n) is 2.15. The summed E-state index contributed by atoms with van der Waals surface area (Å²) in [4.78, 5) is 22.3. The van der Waals surface area contributed by atoms with Gasteiger partial charge in [0.1, 0.15) is 5.69 Å². The lowest BCUT2D eigenvalue weighted by molar-refractivity contribution is 0.0759. The van der Waals surface area contributed by atoms with Gasteiger partial charge in [0.25, 0.3) is 5.91 Å². The predicted molar refractivity (Wildman–Crippen MR) is 66.1 cm³/mol. The van der Waals surface area contributed by atoms with Crippen molar-refractivity contribution in [1.82, 2.24) is 14.9 Å². The van der Waals surface area contributed by atoms with E-state index in [2.05, 4.69) is 9.97 Å². The summed E-state index contributed by atoms with van der Waals surface area (Å²) in [5.41, 5.74) is 1.82. The van der Waals surface area contributed by atoms with Gasteiger partial charge in [0, 0.05) is 13.1 Å². The van der Waals surface area contributed by atoms with Crippen LogP contribution in [-0.4, -0.2) is 45.1 Å². The van der Waals surface area contributed by atoms with E-state index in [1.54, 1.807) is 4.90 Å². The second-order valence-electron chi connectivity index (χ2n) is 4.44. The number of aromatic nitrogens is 2. The van der Waals surface area contributed by atoms with Crippen LogP contribution < -0.4 is 0 Å². The highest BCUT2D eigenvalue weighted by Gasteiger charge is 2.26. The SMILES string of the molecule is O=C(c1cnc2ccccc2n1)N1CC[C@H](O)C1. The van der Waals surface area contributed by atoms with E-state index in [0.29, 0.717) is 30.7 Å². The summed E-state index contributed by atoms with van der Waals surface area (Å²) in [5, 5.41) is 9.44. The lowest BCUT2D eigenvalue weighted by atomic mass is 10.3. The minimum absolute atomic E-state index is 0.162. The molecule has 1 aromatic carbocycles. The van der Waals surface area contributed by atoms with E-state index in [1.807, 2.05) is 24.3 Å². The monoisotopic (exact) mass is 243 g/mol. The van der Waals surface area contributed by atoms with Gasteiger partial charge in [-0.15, -0.1) is 0 Å². The lowest BCUT2D eigenvalue weighted by Crippen LogP contribution is -2.30. The smallest absolute Gasteiger partial charge is 0.274 e. The van der Waals surface area contributed by atoms with E-state index in [1.165, 1.54) is 6.20 Å². The Bertz CT molecular complexity index is 600. The third kappa shape index (κ3) is 1.93. The summed E-state index contributed by atoms with van der Waals surface area (Å²) >= 11 is 0. The summed E-state index contributed by atoms with van der Waals surface area (Å²) in [6, 6.07) is 7.44. The van der Waals surface area contributed by atoms with E-state index in [-0.39, 0.29) is 5.91 Å². The maximum absolute atomic E-state index is 12.1. The molecule has 1 atom stereocenters. The van der Waals surface area contributed by atoms with Crippen molar-refractivity contribution in [2.24, 2.45) is 0 Å². The zero-order valence-electron chi connectivity index (χ0n) is 9.78. The van der Waals surface area contributed by atoms with Crippen LogP contribution in [0.1, 0.15) is 16.9 Å². The number of para-hydroxylation sites is 2. The summed E-state index contributed by atoms with van der Waals surface area (Å²) in [6.45, 7) is 0.960. The molecule has 5 heteroatoms. The van der Waals surface area contributed by atoms with Crippen LogP contribution in [0.4, 0.5) is 0 Å². The Labute approximate surface area is 104 Å². The highest BCUT2D eigenvalue weighted by molar-refractivity contribution is 5.94. The van der Waals surface area contributed by atoms with Crippen molar-refractivity contribution >= 4 is 16.9 Å². The molecule has 0 saturated carbocycles. The number of hydrogen-bond donors (Lipinski definition) is 1. The molecule has 1 aromatic heterocycles. The van der Waals surface area contributed by atoms with Crippen molar-refractivity contribution in [1.29, 1.82) is 0 Å². The maximum Gasteiger partial charge on any atom is 0.274 e. The number of aliphatic hydroxyl groups is 1. The number of carbonyl (C=O) groups excluding carboxylic acids is 1. The molecule has 5 nitrogen and oxygen atoms in total. The molecule has 0 aliphatic carbocycles. The molecule has 2 aromatic rings. The molecule has 1 aliphatic heterocycles. The van der Waals surface area contributed by atoms with E-state index in [0.717, 1.165) is 5.52 Å². The molecule has 2 heterocycles. The topological polar surface area (TPSA) is 66.3 Å². The molecule has 18 heavy (non-hydrogen) atoms. The number of carbonyl (C=O) groups is 1. The number of nitrogens with zero attached hydrogens (tertiary/aromatic N) is 3. The highest BCUT2D eigenvalue weighted by atomic mass is 16.3. The first-order valence-electron chi connectivity index (χ1n) is 5.93. The Balaban J connectivity index is 1.92. The second kappa shape index (κ2) is 4.34. The molecular weight excluding hydrogens is 230 g/mol. The van der Waals surface area contributed by atoms with Crippen molar-refractivity contribution in [3.63, 3.8) is 0 Å². The number of rotatable bonds is 1. The first-order valence-corrected chi connectivity index (χ1v) is 5.93. The molecule has 0 unspecified atom stereocenters. The second-order valence-corrected chi connectivity index (χ2v) is 4.44. The summed E-state index contributed by atoms with van der Waals surface area (Å²) in [6.07, 6.45) is 1.71. The van der Waals surface area contributed by atoms with Crippen LogP contribution in [0.15, 0.2) is 30.5 Å². The summed E-state index contributed by atoms with van der Waals surface area (Å²) in [7, 11) is 0. The van der Waals surface area contributed by atoms with Crippen molar-refractivity contribution in [3.8, 4) is 0 Å². The Hall–Kier alpha value is -2.01. The molecule has 1 fully saturated rings. The van der Waals surface area contributed by atoms with Gasteiger partial charge < -0.3 is 10.0 Å². The number of aliphatic hydroxyl groups excluding tert-OH is 1. The molecule has 0 radical (unpaired) electrons. The van der Waals surface area contributed by atoms with Gasteiger partial charge in [-0.1, -0.05) is 12.1 Å². The number of fused-ring (bicyclic) bond motifs is 1. The lowest BCUT2D eigenvalue weighted by Gasteiger charge is -2.14. The number of amides is 1. The molecule has 1 saturated heterocycles. The quantitative estimate of drug-likeness (QED) is 0.806. The van der Waals surface area contributed by atoms with Gasteiger partial charge in [0.05, 0.1) is 23.3 Å². The normalized spacial score (nSPS) is 19.4. The average Bonchev–Trinajstić information content (AvgIpc) is 2.84. The third-order valence-electron chi connectivity index (χ3n) is 3.12. The van der Waals surface area contributed by atoms with E-state index in [4.69, 9.17) is 0 Å². The zero-order valence-corrected chi connectivity index (χ0v) is 9.78. The minimum atomic E-state index is -0.414. The van der Waals surface area contributed by atoms with Crippen LogP contribution in [0, 0.1) is 0 Å². The van der Waals surface area contributed by atoms with Crippen LogP contribution in [0.5, 0.6) is 0 Å². The van der Waals surface area contributed by atoms with Crippen LogP contribution in [-0.2, 0) is 0 Å². The van der Waals surface area contributed by atoms with Gasteiger partial charge in [-0.3, -0.25) is 9.78 Å². The fraction of sp³-hybridized carbons (Fsp3) is 0.308.